The maximum absolute atomic E-state index is 13.3. The molecule has 6 atom stereocenters. The van der Waals surface area contributed by atoms with E-state index in [0.717, 1.165) is 82.4 Å². The Hall–Kier alpha value is -12.0. The van der Waals surface area contributed by atoms with Crippen LogP contribution in [0.1, 0.15) is 174 Å². The fourth-order valence-electron chi connectivity index (χ4n) is 12.6. The van der Waals surface area contributed by atoms with E-state index < -0.39 is 77.7 Å². The molecule has 11 N–H and O–H groups in total. The molecule has 9 aromatic rings. The van der Waals surface area contributed by atoms with Gasteiger partial charge in [-0.2, -0.15) is 0 Å². The molecule has 12 rings (SSSR count). The molecule has 3 aliphatic rings. The van der Waals surface area contributed by atoms with Crippen molar-refractivity contribution in [3.63, 3.8) is 0 Å². The molecular weight excluding hydrogens is 1430 g/mol. The minimum absolute atomic E-state index is 0.201. The molecule has 32 heteroatoms. The topological polar surface area (TPSA) is 417 Å². The number of nitrogens with one attached hydrogen (secondary N) is 10. The van der Waals surface area contributed by atoms with E-state index in [0.29, 0.717) is 58.8 Å². The molecule has 111 heavy (non-hydrogen) atoms. The molecule has 9 heterocycles. The number of aryl methyl sites for hydroxylation is 3. The third-order valence-electron chi connectivity index (χ3n) is 17.8. The van der Waals surface area contributed by atoms with Crippen molar-refractivity contribution in [3.05, 3.63) is 144 Å². The van der Waals surface area contributed by atoms with Crippen molar-refractivity contribution < 1.29 is 68.2 Å². The number of nitrogens with zero attached hydrogens (tertiary/aromatic N) is 8. The van der Waals surface area contributed by atoms with Crippen LogP contribution in [0.25, 0.3) is 33.1 Å². The number of aromatic nitrogens is 9. The van der Waals surface area contributed by atoms with Gasteiger partial charge in [0.2, 0.25) is 0 Å². The third kappa shape index (κ3) is 24.8. The van der Waals surface area contributed by atoms with Crippen LogP contribution >= 0.6 is 0 Å². The number of rotatable bonds is 9. The number of fused-ring (bicyclic) bond motifs is 3. The zero-order chi connectivity index (χ0) is 81.9. The number of likely N-dealkylation sites (tertiary alicyclic amines) is 2. The number of H-pyrrole nitrogens is 3. The van der Waals surface area contributed by atoms with Crippen LogP contribution in [-0.2, 0) is 43.0 Å². The molecule has 0 bridgehead atoms. The number of carbonyl (C=O) groups is 9. The molecule has 6 aromatic heterocycles. The summed E-state index contributed by atoms with van der Waals surface area (Å²) >= 11 is 0. The average molecular weight is 1530 g/mol. The number of alkyl halides is 1. The number of aliphatic carboxylic acids is 1. The summed E-state index contributed by atoms with van der Waals surface area (Å²) in [5, 5.41) is 27.2. The molecule has 4 unspecified atom stereocenters. The summed E-state index contributed by atoms with van der Waals surface area (Å²) in [7, 11) is -1.00. The zero-order valence-electron chi connectivity index (χ0n) is 66.2. The number of halogens is 1. The predicted molar refractivity (Wildman–Crippen MR) is 420 cm³/mol. The molecule has 31 nitrogen and oxygen atoms in total. The summed E-state index contributed by atoms with van der Waals surface area (Å²) in [6, 6.07) is 23.2. The van der Waals surface area contributed by atoms with Crippen LogP contribution in [0.15, 0.2) is 110 Å². The van der Waals surface area contributed by atoms with Gasteiger partial charge in [-0.25, -0.2) is 49.1 Å². The third-order valence-corrected chi connectivity index (χ3v) is 17.8. The van der Waals surface area contributed by atoms with Crippen LogP contribution in [0.5, 0.6) is 0 Å². The highest BCUT2D eigenvalue weighted by atomic mass is 19.1. The quantitative estimate of drug-likeness (QED) is 0.0472. The van der Waals surface area contributed by atoms with E-state index >= 15 is 0 Å². The Balaban J connectivity index is 0.000000193. The van der Waals surface area contributed by atoms with Crippen LogP contribution in [0.4, 0.5) is 53.3 Å². The lowest BCUT2D eigenvalue weighted by molar-refractivity contribution is -0.147. The summed E-state index contributed by atoms with van der Waals surface area (Å²) in [6.45, 7) is 29.5. The molecule has 0 saturated carbocycles. The van der Waals surface area contributed by atoms with Crippen molar-refractivity contribution in [2.24, 2.45) is 17.8 Å². The minimum Gasteiger partial charge on any atom is -0.474 e. The van der Waals surface area contributed by atoms with Gasteiger partial charge < -0.3 is 65.3 Å². The molecular formula is C79H101FN18O13. The summed E-state index contributed by atoms with van der Waals surface area (Å²) in [5.74, 6) is -3.13. The second-order valence-corrected chi connectivity index (χ2v) is 30.7. The normalized spacial score (nSPS) is 17.7. The predicted octanol–water partition coefficient (Wildman–Crippen LogP) is 14.1. The van der Waals surface area contributed by atoms with E-state index in [1.165, 1.54) is 43.1 Å². The number of piperidine rings is 3. The highest BCUT2D eigenvalue weighted by Gasteiger charge is 2.37. The van der Waals surface area contributed by atoms with Gasteiger partial charge in [-0.05, 0) is 234 Å². The maximum atomic E-state index is 13.3. The largest absolute Gasteiger partial charge is 0.474 e. The van der Waals surface area contributed by atoms with Crippen LogP contribution in [0, 0.1) is 38.5 Å². The first-order valence-electron chi connectivity index (χ1n) is 37.1. The minimum atomic E-state index is -1.59. The van der Waals surface area contributed by atoms with Gasteiger partial charge in [-0.3, -0.25) is 44.3 Å². The number of benzene rings is 3. The second-order valence-electron chi connectivity index (χ2n) is 30.7. The molecule has 3 fully saturated rings. The summed E-state index contributed by atoms with van der Waals surface area (Å²) < 4.78 is 31.1. The number of aromatic amines is 3. The molecule has 3 saturated heterocycles. The number of carboxylic acid groups (broad SMARTS) is 1. The number of amides is 8. The number of pyridine rings is 3. The van der Waals surface area contributed by atoms with Gasteiger partial charge in [-0.1, -0.05) is 39.0 Å². The van der Waals surface area contributed by atoms with Crippen molar-refractivity contribution in [2.75, 3.05) is 58.7 Å². The fraction of sp³-hybridized carbons (Fsp3) is 0.430. The average Bonchev–Trinajstić information content (AvgIpc) is 1.72. The molecule has 3 aliphatic heterocycles. The number of imidazole rings is 3. The summed E-state index contributed by atoms with van der Waals surface area (Å²) in [6.07, 6.45) is 13.2. The van der Waals surface area contributed by atoms with Gasteiger partial charge >= 0.3 is 53.8 Å². The smallest absolute Gasteiger partial charge is 0.413 e. The Kier molecular flexibility index (Phi) is 28.0. The number of hydrogen-bond acceptors (Lipinski definition) is 19. The van der Waals surface area contributed by atoms with Crippen LogP contribution in [0.3, 0.4) is 0 Å². The van der Waals surface area contributed by atoms with E-state index in [-0.39, 0.29) is 35.4 Å². The highest BCUT2D eigenvalue weighted by molar-refractivity contribution is 6.40. The Labute approximate surface area is 644 Å². The number of ether oxygens (including phenoxy) is 3. The van der Waals surface area contributed by atoms with E-state index in [2.05, 4.69) is 121 Å². The van der Waals surface area contributed by atoms with E-state index in [4.69, 9.17) is 20.7 Å². The van der Waals surface area contributed by atoms with Gasteiger partial charge in [0.15, 0.2) is 0 Å². The lowest BCUT2D eigenvalue weighted by Crippen LogP contribution is -2.46. The van der Waals surface area contributed by atoms with Crippen molar-refractivity contribution in [1.29, 1.82) is 0 Å². The Morgan fingerprint density at radius 2 is 0.784 bits per heavy atom. The monoisotopic (exact) mass is 1530 g/mol. The molecule has 3 aromatic carbocycles. The number of hydrogen-bond donors (Lipinski definition) is 11. The standard InChI is InChI=1S/2C26H32N6O4.C13H17N3O5.C13H17N3.CH3F/c2*1-15-6-9-21(17-7-8-19-20(11-17)29-14-28-19)32(13-15)24(34)23(33)30-18-10-16(2)22(27-12-18)31-25(35)36-26(3,4)5;1-7-5-8(15-10(17)11(18)19)6-14-9(7)16-12(20)21-13(2,3)4;1-9-2-4-11(14-7-9)10-3-5-12-13(6-10)16-8-15-12;1-2/h2*7-8,10-12,14-15,21H,6,9,13H2,1-5H3,(H,28,29)(H,30,33)(H,27,31,35);5-6H,1-4H3,(H,15,17)(H,18,19)(H,14,16,20);3,5-6,8-9,11,14H,2,4,7H2,1H3,(H,15,16);1H3/t15-,21+;;;;/m1..../s1/i;;;;1D. The van der Waals surface area contributed by atoms with Gasteiger partial charge in [-0.15, -0.1) is 0 Å². The maximum Gasteiger partial charge on any atom is 0.413 e. The summed E-state index contributed by atoms with van der Waals surface area (Å²) in [5.41, 5.74) is 9.80. The molecule has 0 spiro atoms. The number of carboxylic acids is 1. The van der Waals surface area contributed by atoms with Crippen molar-refractivity contribution in [1.82, 2.24) is 60.0 Å². The van der Waals surface area contributed by atoms with Crippen LogP contribution in [0.2, 0.25) is 0 Å². The van der Waals surface area contributed by atoms with Crippen LogP contribution < -0.4 is 37.2 Å². The van der Waals surface area contributed by atoms with E-state index in [1.54, 1.807) is 124 Å². The zero-order valence-corrected chi connectivity index (χ0v) is 65.2. The lowest BCUT2D eigenvalue weighted by atomic mass is 9.89. The van der Waals surface area contributed by atoms with Gasteiger partial charge in [0.1, 0.15) is 34.3 Å². The highest BCUT2D eigenvalue weighted by Crippen LogP contribution is 2.37. The first-order chi connectivity index (χ1) is 52.8. The van der Waals surface area contributed by atoms with E-state index in [9.17, 15) is 47.5 Å². The Morgan fingerprint density at radius 3 is 1.10 bits per heavy atom. The molecule has 592 valence electrons. The first-order valence-corrected chi connectivity index (χ1v) is 36.4. The van der Waals surface area contributed by atoms with Gasteiger partial charge in [0.25, 0.3) is 0 Å². The molecule has 0 radical (unpaired) electrons. The van der Waals surface area contributed by atoms with Gasteiger partial charge in [0, 0.05) is 19.1 Å². The van der Waals surface area contributed by atoms with Crippen molar-refractivity contribution in [2.45, 2.75) is 177 Å². The SMILES string of the molecule is CC1CCC(c2ccc3nc[nH]c3c2)NC1.Cc1cc(NC(=O)C(=O)N2CC(C)CCC2c2ccc3nc[nH]c3c2)cnc1NC(=O)OC(C)(C)C.Cc1cc(NC(=O)C(=O)N2C[C@H](C)CC[C@H]2c2ccc3nc[nH]c3c2)cnc1NC(=O)OC(C)(C)C.Cc1cc(NC(=O)C(=O)O)cnc1NC(=O)OC(C)(C)C.[2H]CF. The van der Waals surface area contributed by atoms with Gasteiger partial charge in [0.05, 0.1) is 108 Å². The molecule has 8 amide bonds. The Morgan fingerprint density at radius 1 is 0.459 bits per heavy atom. The van der Waals surface area contributed by atoms with E-state index in [1.807, 2.05) is 36.4 Å². The fourth-order valence-corrected chi connectivity index (χ4v) is 12.6. The lowest BCUT2D eigenvalue weighted by Gasteiger charge is -2.38. The Bertz CT molecular complexity index is 4630. The van der Waals surface area contributed by atoms with Crippen LogP contribution in [-0.4, -0.2) is 157 Å². The van der Waals surface area contributed by atoms with Crippen molar-refractivity contribution in [3.8, 4) is 0 Å². The second kappa shape index (κ2) is 37.4. The number of carbonyl (C=O) groups excluding carboxylic acids is 8. The number of anilines is 6. The summed E-state index contributed by atoms with van der Waals surface area (Å²) in [4.78, 5) is 147. The first kappa shape index (κ1) is 83.1. The molecule has 0 aliphatic carbocycles. The van der Waals surface area contributed by atoms with Crippen molar-refractivity contribution >= 4 is 121 Å².